The number of benzene rings is 1. The lowest BCUT2D eigenvalue weighted by Gasteiger charge is -2.08. The number of aromatic nitrogens is 1. The van der Waals surface area contributed by atoms with Crippen molar-refractivity contribution >= 4 is 29.2 Å². The number of halogens is 1. The first-order valence-electron chi connectivity index (χ1n) is 5.27. The van der Waals surface area contributed by atoms with Crippen LogP contribution in [-0.2, 0) is 0 Å². The maximum Gasteiger partial charge on any atom is 0.144 e. The minimum atomic E-state index is 0.523. The van der Waals surface area contributed by atoms with E-state index in [9.17, 15) is 0 Å². The summed E-state index contributed by atoms with van der Waals surface area (Å²) in [5, 5.41) is 0.523. The molecule has 4 heteroatoms. The molecule has 0 aliphatic carbocycles. The minimum absolute atomic E-state index is 0.523. The third-order valence-corrected chi connectivity index (χ3v) is 3.53. The third-order valence-electron chi connectivity index (χ3n) is 2.23. The Hall–Kier alpha value is -1.19. The van der Waals surface area contributed by atoms with E-state index in [0.717, 1.165) is 10.6 Å². The van der Waals surface area contributed by atoms with Crippen molar-refractivity contribution in [1.29, 1.82) is 0 Å². The van der Waals surface area contributed by atoms with Gasteiger partial charge in [-0.1, -0.05) is 17.7 Å². The third kappa shape index (κ3) is 3.38. The van der Waals surface area contributed by atoms with Gasteiger partial charge in [-0.05, 0) is 61.2 Å². The molecular weight excluding hydrogens is 252 g/mol. The van der Waals surface area contributed by atoms with E-state index in [-0.39, 0.29) is 0 Å². The second-order valence-corrected chi connectivity index (χ2v) is 5.08. The Labute approximate surface area is 111 Å². The van der Waals surface area contributed by atoms with Crippen molar-refractivity contribution in [1.82, 2.24) is 4.98 Å². The number of hydrogen-bond donors (Lipinski definition) is 1. The SMILES string of the molecule is Cc1cc(C)cc(NSc2cccnc2Cl)c1. The van der Waals surface area contributed by atoms with E-state index < -0.39 is 0 Å². The Balaban J connectivity index is 2.10. The highest BCUT2D eigenvalue weighted by Crippen LogP contribution is 2.26. The van der Waals surface area contributed by atoms with Crippen molar-refractivity contribution in [3.05, 3.63) is 52.8 Å². The highest BCUT2D eigenvalue weighted by atomic mass is 35.5. The molecule has 0 aliphatic heterocycles. The zero-order chi connectivity index (χ0) is 12.3. The Bertz CT molecular complexity index is 508. The number of anilines is 1. The molecule has 0 atom stereocenters. The van der Waals surface area contributed by atoms with Crippen molar-refractivity contribution < 1.29 is 0 Å². The smallest absolute Gasteiger partial charge is 0.144 e. The van der Waals surface area contributed by atoms with Crippen LogP contribution in [0, 0.1) is 13.8 Å². The predicted octanol–water partition coefficient (Wildman–Crippen LogP) is 4.47. The molecule has 0 aliphatic rings. The molecule has 2 rings (SSSR count). The summed E-state index contributed by atoms with van der Waals surface area (Å²) in [6.07, 6.45) is 1.68. The van der Waals surface area contributed by atoms with Crippen molar-refractivity contribution in [2.45, 2.75) is 18.7 Å². The molecule has 1 aromatic carbocycles. The van der Waals surface area contributed by atoms with Crippen LogP contribution in [0.1, 0.15) is 11.1 Å². The molecule has 0 saturated carbocycles. The first kappa shape index (κ1) is 12.3. The van der Waals surface area contributed by atoms with E-state index in [1.54, 1.807) is 6.20 Å². The van der Waals surface area contributed by atoms with E-state index in [2.05, 4.69) is 41.8 Å². The quantitative estimate of drug-likeness (QED) is 0.654. The maximum absolute atomic E-state index is 5.98. The Morgan fingerprint density at radius 1 is 1.18 bits per heavy atom. The summed E-state index contributed by atoms with van der Waals surface area (Å²) in [6, 6.07) is 10.2. The average Bonchev–Trinajstić information content (AvgIpc) is 2.27. The van der Waals surface area contributed by atoms with E-state index in [1.807, 2.05) is 12.1 Å². The molecule has 0 fully saturated rings. The van der Waals surface area contributed by atoms with Crippen LogP contribution in [-0.4, -0.2) is 4.98 Å². The molecule has 0 radical (unpaired) electrons. The fraction of sp³-hybridized carbons (Fsp3) is 0.154. The maximum atomic E-state index is 5.98. The van der Waals surface area contributed by atoms with Gasteiger partial charge in [0.05, 0.1) is 4.90 Å². The van der Waals surface area contributed by atoms with Crippen molar-refractivity contribution in [3.8, 4) is 0 Å². The van der Waals surface area contributed by atoms with E-state index in [0.29, 0.717) is 5.15 Å². The molecule has 1 aromatic heterocycles. The van der Waals surface area contributed by atoms with Gasteiger partial charge in [0.25, 0.3) is 0 Å². The summed E-state index contributed by atoms with van der Waals surface area (Å²) < 4.78 is 3.28. The first-order chi connectivity index (χ1) is 8.15. The topological polar surface area (TPSA) is 24.9 Å². The molecule has 0 spiro atoms. The van der Waals surface area contributed by atoms with Gasteiger partial charge in [-0.25, -0.2) is 4.98 Å². The lowest BCUT2D eigenvalue weighted by molar-refractivity contribution is 1.24. The molecule has 1 N–H and O–H groups in total. The van der Waals surface area contributed by atoms with Crippen LogP contribution >= 0.6 is 23.5 Å². The number of aryl methyl sites for hydroxylation is 2. The summed E-state index contributed by atoms with van der Waals surface area (Å²) >= 11 is 7.45. The Morgan fingerprint density at radius 2 is 1.88 bits per heavy atom. The molecule has 2 aromatic rings. The highest BCUT2D eigenvalue weighted by Gasteiger charge is 2.01. The summed E-state index contributed by atoms with van der Waals surface area (Å²) in [5.41, 5.74) is 3.56. The molecule has 0 saturated heterocycles. The number of nitrogens with one attached hydrogen (secondary N) is 1. The van der Waals surface area contributed by atoms with Crippen LogP contribution < -0.4 is 4.72 Å². The molecule has 0 bridgehead atoms. The molecule has 0 unspecified atom stereocenters. The van der Waals surface area contributed by atoms with Gasteiger partial charge in [0.1, 0.15) is 5.15 Å². The zero-order valence-electron chi connectivity index (χ0n) is 9.70. The van der Waals surface area contributed by atoms with Gasteiger partial charge >= 0.3 is 0 Å². The Morgan fingerprint density at radius 3 is 2.53 bits per heavy atom. The van der Waals surface area contributed by atoms with Crippen LogP contribution in [0.3, 0.4) is 0 Å². The van der Waals surface area contributed by atoms with Crippen LogP contribution in [0.4, 0.5) is 5.69 Å². The molecule has 88 valence electrons. The van der Waals surface area contributed by atoms with Gasteiger partial charge in [-0.15, -0.1) is 0 Å². The number of nitrogens with zero attached hydrogens (tertiary/aromatic N) is 1. The van der Waals surface area contributed by atoms with Gasteiger partial charge in [-0.2, -0.15) is 0 Å². The number of rotatable bonds is 3. The minimum Gasteiger partial charge on any atom is -0.326 e. The lowest BCUT2D eigenvalue weighted by Crippen LogP contribution is -1.90. The standard InChI is InChI=1S/C13H13ClN2S/c1-9-6-10(2)8-11(7-9)16-17-12-4-3-5-15-13(12)14/h3-8,16H,1-2H3. The summed E-state index contributed by atoms with van der Waals surface area (Å²) in [4.78, 5) is 4.96. The molecule has 1 heterocycles. The second kappa shape index (κ2) is 5.43. The zero-order valence-corrected chi connectivity index (χ0v) is 11.3. The van der Waals surface area contributed by atoms with Crippen molar-refractivity contribution in [2.24, 2.45) is 0 Å². The predicted molar refractivity (Wildman–Crippen MR) is 74.6 cm³/mol. The number of pyridine rings is 1. The lowest BCUT2D eigenvalue weighted by atomic mass is 10.1. The molecule has 0 amide bonds. The summed E-state index contributed by atoms with van der Waals surface area (Å²) in [7, 11) is 0. The fourth-order valence-electron chi connectivity index (χ4n) is 1.59. The van der Waals surface area contributed by atoms with Gasteiger partial charge in [0.15, 0.2) is 0 Å². The van der Waals surface area contributed by atoms with E-state index in [1.165, 1.54) is 23.1 Å². The van der Waals surface area contributed by atoms with Crippen molar-refractivity contribution in [3.63, 3.8) is 0 Å². The fourth-order valence-corrected chi connectivity index (χ4v) is 2.46. The second-order valence-electron chi connectivity index (χ2n) is 3.87. The molecule has 2 nitrogen and oxygen atoms in total. The van der Waals surface area contributed by atoms with Crippen LogP contribution in [0.25, 0.3) is 0 Å². The normalized spacial score (nSPS) is 10.3. The van der Waals surface area contributed by atoms with Crippen LogP contribution in [0.5, 0.6) is 0 Å². The van der Waals surface area contributed by atoms with Crippen molar-refractivity contribution in [2.75, 3.05) is 4.72 Å². The van der Waals surface area contributed by atoms with Gasteiger partial charge in [0.2, 0.25) is 0 Å². The van der Waals surface area contributed by atoms with E-state index in [4.69, 9.17) is 11.6 Å². The van der Waals surface area contributed by atoms with E-state index >= 15 is 0 Å². The average molecular weight is 265 g/mol. The van der Waals surface area contributed by atoms with Crippen LogP contribution in [0.15, 0.2) is 41.4 Å². The largest absolute Gasteiger partial charge is 0.326 e. The molecule has 17 heavy (non-hydrogen) atoms. The summed E-state index contributed by atoms with van der Waals surface area (Å²) in [5.74, 6) is 0. The monoisotopic (exact) mass is 264 g/mol. The van der Waals surface area contributed by atoms with Gasteiger partial charge in [0, 0.05) is 11.9 Å². The van der Waals surface area contributed by atoms with Gasteiger partial charge in [-0.3, -0.25) is 0 Å². The molecular formula is C13H13ClN2S. The number of hydrogen-bond acceptors (Lipinski definition) is 3. The summed E-state index contributed by atoms with van der Waals surface area (Å²) in [6.45, 7) is 4.17. The Kier molecular flexibility index (Phi) is 3.92. The van der Waals surface area contributed by atoms with Gasteiger partial charge < -0.3 is 4.72 Å². The van der Waals surface area contributed by atoms with Crippen LogP contribution in [0.2, 0.25) is 5.15 Å². The first-order valence-corrected chi connectivity index (χ1v) is 6.46. The highest BCUT2D eigenvalue weighted by molar-refractivity contribution is 8.00.